The molecule has 0 saturated heterocycles. The number of nitrogens with two attached hydrogens (primary N) is 1. The van der Waals surface area contributed by atoms with Crippen LogP contribution < -0.4 is 11.2 Å². The molecule has 0 spiro atoms. The molecule has 0 aliphatic heterocycles. The topological polar surface area (TPSA) is 70.6 Å². The Bertz CT molecular complexity index is 316. The molecule has 1 rings (SSSR count). The highest BCUT2D eigenvalue weighted by atomic mass is 35.5. The van der Waals surface area contributed by atoms with Crippen molar-refractivity contribution < 1.29 is 9.60 Å². The van der Waals surface area contributed by atoms with E-state index in [1.807, 2.05) is 0 Å². The molecule has 6 heteroatoms. The Morgan fingerprint density at radius 3 is 2.53 bits per heavy atom. The molecule has 0 aliphatic rings. The maximum atomic E-state index is 12.5. The molecule has 0 aromatic heterocycles. The van der Waals surface area contributed by atoms with Gasteiger partial charge in [-0.2, -0.15) is 0 Å². The molecule has 0 unspecified atom stereocenters. The lowest BCUT2D eigenvalue weighted by Gasteiger charge is -1.99. The zero-order chi connectivity index (χ0) is 10.4. The van der Waals surface area contributed by atoms with Gasteiger partial charge in [-0.1, -0.05) is 12.1 Å². The Morgan fingerprint density at radius 1 is 1.40 bits per heavy atom. The summed E-state index contributed by atoms with van der Waals surface area (Å²) in [5.74, 6) is -0.277. The van der Waals surface area contributed by atoms with Crippen molar-refractivity contribution in [1.29, 1.82) is 0 Å². The average Bonchev–Trinajstić information content (AvgIpc) is 2.21. The third kappa shape index (κ3) is 5.19. The predicted molar refractivity (Wildman–Crippen MR) is 58.8 cm³/mol. The molecule has 1 aromatic rings. The highest BCUT2D eigenvalue weighted by Crippen LogP contribution is 2.03. The molecule has 0 bridgehead atoms. The summed E-state index contributed by atoms with van der Waals surface area (Å²) in [5.41, 5.74) is 7.89. The van der Waals surface area contributed by atoms with E-state index in [4.69, 9.17) is 10.9 Å². The number of benzene rings is 1. The first-order valence-electron chi connectivity index (χ1n) is 4.17. The molecule has 1 aromatic carbocycles. The minimum Gasteiger partial charge on any atom is -0.368 e. The number of rotatable bonds is 3. The first-order chi connectivity index (χ1) is 6.72. The van der Waals surface area contributed by atoms with E-state index in [9.17, 15) is 4.39 Å². The van der Waals surface area contributed by atoms with Crippen molar-refractivity contribution in [2.75, 3.05) is 6.54 Å². The van der Waals surface area contributed by atoms with Crippen LogP contribution in [-0.4, -0.2) is 17.7 Å². The molecular formula is C9H13ClFN3O. The summed E-state index contributed by atoms with van der Waals surface area (Å²) in [6.07, 6.45) is 0.655. The second-order valence-corrected chi connectivity index (χ2v) is 2.76. The molecule has 0 fully saturated rings. The van der Waals surface area contributed by atoms with Crippen LogP contribution in [0.3, 0.4) is 0 Å². The van der Waals surface area contributed by atoms with Gasteiger partial charge in [-0.05, 0) is 24.1 Å². The van der Waals surface area contributed by atoms with E-state index < -0.39 is 0 Å². The highest BCUT2D eigenvalue weighted by Gasteiger charge is 1.93. The van der Waals surface area contributed by atoms with Gasteiger partial charge in [0.15, 0.2) is 0 Å². The van der Waals surface area contributed by atoms with Crippen molar-refractivity contribution in [2.45, 2.75) is 6.42 Å². The number of nitrogens with zero attached hydrogens (tertiary/aromatic N) is 1. The van der Waals surface area contributed by atoms with Crippen LogP contribution >= 0.6 is 12.4 Å². The zero-order valence-corrected chi connectivity index (χ0v) is 8.80. The van der Waals surface area contributed by atoms with Gasteiger partial charge in [-0.3, -0.25) is 10.2 Å². The maximum absolute atomic E-state index is 12.5. The number of aliphatic imine (C=N–C) groups is 1. The van der Waals surface area contributed by atoms with Gasteiger partial charge in [-0.25, -0.2) is 9.87 Å². The van der Waals surface area contributed by atoms with Crippen molar-refractivity contribution in [3.8, 4) is 0 Å². The lowest BCUT2D eigenvalue weighted by Crippen LogP contribution is -2.28. The number of guanidine groups is 1. The largest absolute Gasteiger partial charge is 0.368 e. The van der Waals surface area contributed by atoms with Gasteiger partial charge in [0, 0.05) is 6.54 Å². The van der Waals surface area contributed by atoms with Crippen LogP contribution in [0.1, 0.15) is 5.56 Å². The number of hydrogen-bond acceptors (Lipinski definition) is 2. The second kappa shape index (κ2) is 7.03. The number of nitrogens with one attached hydrogen (secondary N) is 1. The molecule has 84 valence electrons. The van der Waals surface area contributed by atoms with E-state index in [0.29, 0.717) is 13.0 Å². The monoisotopic (exact) mass is 233 g/mol. The van der Waals surface area contributed by atoms with Crippen LogP contribution in [0.4, 0.5) is 4.39 Å². The molecule has 0 saturated carbocycles. The quantitative estimate of drug-likeness (QED) is 0.416. The SMILES string of the molecule is Cl.NC(=NCCc1ccc(F)cc1)NO. The van der Waals surface area contributed by atoms with Gasteiger partial charge in [0.1, 0.15) is 5.82 Å². The normalized spacial score (nSPS) is 10.7. The fraction of sp³-hybridized carbons (Fsp3) is 0.222. The summed E-state index contributed by atoms with van der Waals surface area (Å²) in [6, 6.07) is 6.17. The highest BCUT2D eigenvalue weighted by molar-refractivity contribution is 5.85. The standard InChI is InChI=1S/C9H12FN3O.ClH/c10-8-3-1-7(2-4-8)5-6-12-9(11)13-14;/h1-4,14H,5-6H2,(H3,11,12,13);1H. The lowest BCUT2D eigenvalue weighted by molar-refractivity contribution is 0.232. The van der Waals surface area contributed by atoms with E-state index in [2.05, 4.69) is 4.99 Å². The maximum Gasteiger partial charge on any atom is 0.212 e. The molecule has 0 aliphatic carbocycles. The Kier molecular flexibility index (Phi) is 6.40. The second-order valence-electron chi connectivity index (χ2n) is 2.76. The summed E-state index contributed by atoms with van der Waals surface area (Å²) in [6.45, 7) is 0.449. The Labute approximate surface area is 93.4 Å². The molecule has 15 heavy (non-hydrogen) atoms. The first-order valence-corrected chi connectivity index (χ1v) is 4.17. The summed E-state index contributed by atoms with van der Waals surface area (Å²) in [4.78, 5) is 3.80. The van der Waals surface area contributed by atoms with Crippen LogP contribution in [0.2, 0.25) is 0 Å². The van der Waals surface area contributed by atoms with Crippen molar-refractivity contribution in [1.82, 2.24) is 5.48 Å². The summed E-state index contributed by atoms with van der Waals surface area (Å²) < 4.78 is 12.5. The van der Waals surface area contributed by atoms with E-state index >= 15 is 0 Å². The molecule has 0 atom stereocenters. The van der Waals surface area contributed by atoms with Crippen LogP contribution in [0, 0.1) is 5.82 Å². The van der Waals surface area contributed by atoms with E-state index in [1.165, 1.54) is 12.1 Å². The van der Waals surface area contributed by atoms with E-state index in [-0.39, 0.29) is 24.2 Å². The Balaban J connectivity index is 0.00000196. The first kappa shape index (κ1) is 13.7. The number of halogens is 2. The molecule has 0 radical (unpaired) electrons. The molecule has 0 heterocycles. The van der Waals surface area contributed by atoms with Crippen molar-refractivity contribution >= 4 is 18.4 Å². The third-order valence-corrected chi connectivity index (χ3v) is 1.71. The minimum atomic E-state index is -0.256. The van der Waals surface area contributed by atoms with Crippen LogP contribution in [0.15, 0.2) is 29.3 Å². The van der Waals surface area contributed by atoms with Gasteiger partial charge >= 0.3 is 0 Å². The van der Waals surface area contributed by atoms with E-state index in [1.54, 1.807) is 17.6 Å². The summed E-state index contributed by atoms with van der Waals surface area (Å²) in [7, 11) is 0. The third-order valence-electron chi connectivity index (χ3n) is 1.71. The fourth-order valence-corrected chi connectivity index (χ4v) is 0.992. The van der Waals surface area contributed by atoms with Gasteiger partial charge in [-0.15, -0.1) is 12.4 Å². The predicted octanol–water partition coefficient (Wildman–Crippen LogP) is 1.08. The van der Waals surface area contributed by atoms with Crippen LogP contribution in [0.5, 0.6) is 0 Å². The average molecular weight is 234 g/mol. The van der Waals surface area contributed by atoms with Gasteiger partial charge in [0.25, 0.3) is 0 Å². The van der Waals surface area contributed by atoms with Crippen LogP contribution in [0.25, 0.3) is 0 Å². The molecule has 0 amide bonds. The van der Waals surface area contributed by atoms with Crippen molar-refractivity contribution in [2.24, 2.45) is 10.7 Å². The molecule has 4 nitrogen and oxygen atoms in total. The van der Waals surface area contributed by atoms with E-state index in [0.717, 1.165) is 5.56 Å². The van der Waals surface area contributed by atoms with Gasteiger partial charge < -0.3 is 5.73 Å². The summed E-state index contributed by atoms with van der Waals surface area (Å²) >= 11 is 0. The lowest BCUT2D eigenvalue weighted by atomic mass is 10.1. The Morgan fingerprint density at radius 2 is 2.00 bits per heavy atom. The Hall–Kier alpha value is -1.33. The fourth-order valence-electron chi connectivity index (χ4n) is 0.992. The van der Waals surface area contributed by atoms with Crippen molar-refractivity contribution in [3.05, 3.63) is 35.6 Å². The molecule has 4 N–H and O–H groups in total. The summed E-state index contributed by atoms with van der Waals surface area (Å²) in [5, 5.41) is 8.31. The smallest absolute Gasteiger partial charge is 0.212 e. The van der Waals surface area contributed by atoms with Gasteiger partial charge in [0.2, 0.25) is 5.96 Å². The zero-order valence-electron chi connectivity index (χ0n) is 7.98. The number of hydroxylamine groups is 1. The van der Waals surface area contributed by atoms with Crippen LogP contribution in [-0.2, 0) is 6.42 Å². The van der Waals surface area contributed by atoms with Gasteiger partial charge in [0.05, 0.1) is 0 Å². The molecular weight excluding hydrogens is 221 g/mol. The van der Waals surface area contributed by atoms with Crippen molar-refractivity contribution in [3.63, 3.8) is 0 Å². The number of hydrogen-bond donors (Lipinski definition) is 3. The minimum absolute atomic E-state index is 0.